The van der Waals surface area contributed by atoms with Gasteiger partial charge in [-0.1, -0.05) is 27.7 Å². The summed E-state index contributed by atoms with van der Waals surface area (Å²) in [6.07, 6.45) is 5.74. The van der Waals surface area contributed by atoms with Gasteiger partial charge in [-0.05, 0) is 31.2 Å². The Balaban J connectivity index is 2.23. The molecule has 0 aliphatic heterocycles. The van der Waals surface area contributed by atoms with E-state index in [1.165, 1.54) is 6.42 Å². The van der Waals surface area contributed by atoms with E-state index in [9.17, 15) is 0 Å². The van der Waals surface area contributed by atoms with Crippen molar-refractivity contribution < 1.29 is 4.74 Å². The molecule has 0 radical (unpaired) electrons. The van der Waals surface area contributed by atoms with Gasteiger partial charge in [0.1, 0.15) is 0 Å². The van der Waals surface area contributed by atoms with Crippen molar-refractivity contribution in [3.63, 3.8) is 0 Å². The predicted molar refractivity (Wildman–Crippen MR) is 78.1 cm³/mol. The molecule has 1 heterocycles. The smallest absolute Gasteiger partial charge is 0.232 e. The molecular formula is C15H27N3O. The maximum absolute atomic E-state index is 5.56. The first kappa shape index (κ1) is 15.9. The van der Waals surface area contributed by atoms with Crippen LogP contribution in [0, 0.1) is 11.8 Å². The Morgan fingerprint density at radius 1 is 1.11 bits per heavy atom. The molecule has 0 bridgehead atoms. The van der Waals surface area contributed by atoms with Crippen LogP contribution in [0.1, 0.15) is 46.2 Å². The van der Waals surface area contributed by atoms with E-state index in [4.69, 9.17) is 4.74 Å². The molecule has 0 aliphatic carbocycles. The van der Waals surface area contributed by atoms with E-state index in [1.54, 1.807) is 12.4 Å². The average Bonchev–Trinajstić information content (AvgIpc) is 2.36. The van der Waals surface area contributed by atoms with E-state index in [2.05, 4.69) is 43.0 Å². The summed E-state index contributed by atoms with van der Waals surface area (Å²) >= 11 is 0. The number of ether oxygens (including phenoxy) is 1. The van der Waals surface area contributed by atoms with E-state index in [0.717, 1.165) is 37.7 Å². The number of aromatic nitrogens is 2. The van der Waals surface area contributed by atoms with Crippen LogP contribution in [0.2, 0.25) is 0 Å². The van der Waals surface area contributed by atoms with Crippen LogP contribution in [0.25, 0.3) is 0 Å². The Kier molecular flexibility index (Phi) is 7.41. The van der Waals surface area contributed by atoms with Crippen molar-refractivity contribution in [3.05, 3.63) is 18.1 Å². The zero-order valence-corrected chi connectivity index (χ0v) is 12.6. The van der Waals surface area contributed by atoms with Crippen molar-refractivity contribution in [2.75, 3.05) is 13.2 Å². The minimum Gasteiger partial charge on any atom is -0.477 e. The van der Waals surface area contributed by atoms with Gasteiger partial charge in [-0.3, -0.25) is 4.98 Å². The first-order valence-electron chi connectivity index (χ1n) is 7.22. The van der Waals surface area contributed by atoms with Gasteiger partial charge >= 0.3 is 0 Å². The normalized spacial score (nSPS) is 11.3. The molecule has 0 spiro atoms. The van der Waals surface area contributed by atoms with E-state index in [1.807, 2.05) is 0 Å². The van der Waals surface area contributed by atoms with Crippen LogP contribution in [-0.4, -0.2) is 23.1 Å². The molecule has 0 atom stereocenters. The highest BCUT2D eigenvalue weighted by Gasteiger charge is 2.00. The van der Waals surface area contributed by atoms with Crippen LogP contribution in [0.4, 0.5) is 0 Å². The maximum atomic E-state index is 5.56. The molecule has 0 saturated carbocycles. The highest BCUT2D eigenvalue weighted by Crippen LogP contribution is 2.07. The molecule has 1 N–H and O–H groups in total. The Morgan fingerprint density at radius 3 is 2.47 bits per heavy atom. The summed E-state index contributed by atoms with van der Waals surface area (Å²) in [5.74, 6) is 2.00. The lowest BCUT2D eigenvalue weighted by molar-refractivity contribution is 0.285. The highest BCUT2D eigenvalue weighted by atomic mass is 16.5. The maximum Gasteiger partial charge on any atom is 0.232 e. The van der Waals surface area contributed by atoms with Gasteiger partial charge < -0.3 is 10.1 Å². The van der Waals surface area contributed by atoms with Gasteiger partial charge in [0.15, 0.2) is 0 Å². The molecule has 0 unspecified atom stereocenters. The van der Waals surface area contributed by atoms with Crippen molar-refractivity contribution in [1.29, 1.82) is 0 Å². The lowest BCUT2D eigenvalue weighted by Gasteiger charge is -2.08. The molecule has 0 aromatic carbocycles. The van der Waals surface area contributed by atoms with Crippen LogP contribution >= 0.6 is 0 Å². The molecule has 19 heavy (non-hydrogen) atoms. The molecule has 4 heteroatoms. The summed E-state index contributed by atoms with van der Waals surface area (Å²) < 4.78 is 5.56. The Hall–Kier alpha value is -1.16. The molecule has 1 aromatic heterocycles. The Bertz CT molecular complexity index is 336. The standard InChI is InChI=1S/C15H27N3O/c1-12(2)6-5-7-19-15-11-17-14(10-18-15)9-16-8-13(3)4/h10-13,16H,5-9H2,1-4H3. The van der Waals surface area contributed by atoms with Gasteiger partial charge in [0, 0.05) is 6.54 Å². The first-order valence-corrected chi connectivity index (χ1v) is 7.22. The van der Waals surface area contributed by atoms with Crippen molar-refractivity contribution >= 4 is 0 Å². The van der Waals surface area contributed by atoms with Crippen molar-refractivity contribution in [2.45, 2.75) is 47.1 Å². The van der Waals surface area contributed by atoms with Crippen molar-refractivity contribution in [2.24, 2.45) is 11.8 Å². The topological polar surface area (TPSA) is 47.0 Å². The molecular weight excluding hydrogens is 238 g/mol. The number of hydrogen-bond donors (Lipinski definition) is 1. The summed E-state index contributed by atoms with van der Waals surface area (Å²) in [6, 6.07) is 0. The van der Waals surface area contributed by atoms with Gasteiger partial charge in [0.05, 0.1) is 24.7 Å². The summed E-state index contributed by atoms with van der Waals surface area (Å²) in [7, 11) is 0. The summed E-state index contributed by atoms with van der Waals surface area (Å²) in [5.41, 5.74) is 0.954. The van der Waals surface area contributed by atoms with Crippen molar-refractivity contribution in [1.82, 2.24) is 15.3 Å². The van der Waals surface area contributed by atoms with Crippen LogP contribution in [0.5, 0.6) is 5.88 Å². The average molecular weight is 265 g/mol. The molecule has 0 fully saturated rings. The third-order valence-electron chi connectivity index (χ3n) is 2.72. The largest absolute Gasteiger partial charge is 0.477 e. The Morgan fingerprint density at radius 2 is 1.89 bits per heavy atom. The zero-order chi connectivity index (χ0) is 14.1. The number of rotatable bonds is 9. The fraction of sp³-hybridized carbons (Fsp3) is 0.733. The third kappa shape index (κ3) is 7.78. The second-order valence-electron chi connectivity index (χ2n) is 5.76. The lowest BCUT2D eigenvalue weighted by Crippen LogP contribution is -2.19. The lowest BCUT2D eigenvalue weighted by atomic mass is 10.1. The number of nitrogens with one attached hydrogen (secondary N) is 1. The third-order valence-corrected chi connectivity index (χ3v) is 2.72. The summed E-state index contributed by atoms with van der Waals surface area (Å²) in [6.45, 7) is 11.3. The first-order chi connectivity index (χ1) is 9.08. The quantitative estimate of drug-likeness (QED) is 0.697. The molecule has 0 aliphatic rings. The number of hydrogen-bond acceptors (Lipinski definition) is 4. The highest BCUT2D eigenvalue weighted by molar-refractivity contribution is 5.07. The van der Waals surface area contributed by atoms with E-state index in [0.29, 0.717) is 11.8 Å². The van der Waals surface area contributed by atoms with Crippen LogP contribution in [0.15, 0.2) is 12.4 Å². The summed E-state index contributed by atoms with van der Waals surface area (Å²) in [5, 5.41) is 3.34. The fourth-order valence-corrected chi connectivity index (χ4v) is 1.67. The SMILES string of the molecule is CC(C)CCCOc1cnc(CNCC(C)C)cn1. The monoisotopic (exact) mass is 265 g/mol. The molecule has 1 rings (SSSR count). The molecule has 0 amide bonds. The molecule has 108 valence electrons. The second-order valence-corrected chi connectivity index (χ2v) is 5.76. The van der Waals surface area contributed by atoms with Crippen molar-refractivity contribution in [3.8, 4) is 5.88 Å². The van der Waals surface area contributed by atoms with E-state index < -0.39 is 0 Å². The molecule has 1 aromatic rings. The number of nitrogens with zero attached hydrogens (tertiary/aromatic N) is 2. The zero-order valence-electron chi connectivity index (χ0n) is 12.6. The fourth-order valence-electron chi connectivity index (χ4n) is 1.67. The molecule has 4 nitrogen and oxygen atoms in total. The van der Waals surface area contributed by atoms with E-state index >= 15 is 0 Å². The van der Waals surface area contributed by atoms with Gasteiger partial charge in [0.25, 0.3) is 0 Å². The van der Waals surface area contributed by atoms with Crippen LogP contribution < -0.4 is 10.1 Å². The minimum atomic E-state index is 0.622. The van der Waals surface area contributed by atoms with E-state index in [-0.39, 0.29) is 0 Å². The van der Waals surface area contributed by atoms with Crippen LogP contribution in [-0.2, 0) is 6.54 Å². The summed E-state index contributed by atoms with van der Waals surface area (Å²) in [4.78, 5) is 8.61. The van der Waals surface area contributed by atoms with Gasteiger partial charge in [0.2, 0.25) is 5.88 Å². The Labute approximate surface area is 117 Å². The molecule has 0 saturated heterocycles. The minimum absolute atomic E-state index is 0.622. The van der Waals surface area contributed by atoms with Gasteiger partial charge in [-0.2, -0.15) is 0 Å². The van der Waals surface area contributed by atoms with Gasteiger partial charge in [-0.15, -0.1) is 0 Å². The predicted octanol–water partition coefficient (Wildman–Crippen LogP) is 3.04. The van der Waals surface area contributed by atoms with Crippen LogP contribution in [0.3, 0.4) is 0 Å². The second kappa shape index (κ2) is 8.86. The van der Waals surface area contributed by atoms with Gasteiger partial charge in [-0.25, -0.2) is 4.98 Å².